The van der Waals surface area contributed by atoms with E-state index in [1.165, 1.54) is 16.0 Å². The second kappa shape index (κ2) is 13.0. The molecule has 1 saturated heterocycles. The number of carbonyl (C=O) groups excluding carboxylic acids is 2. The molecule has 1 saturated carbocycles. The van der Waals surface area contributed by atoms with Crippen molar-refractivity contribution in [1.29, 1.82) is 0 Å². The molecule has 0 bridgehead atoms. The number of methoxy groups -OCH3 is 1. The van der Waals surface area contributed by atoms with Crippen LogP contribution in [0.3, 0.4) is 0 Å². The van der Waals surface area contributed by atoms with Crippen molar-refractivity contribution >= 4 is 23.2 Å². The predicted octanol–water partition coefficient (Wildman–Crippen LogP) is 4.74. The Morgan fingerprint density at radius 2 is 1.82 bits per heavy atom. The SMILES string of the molecule is COc1cccc(C(=O)N2CC(N(Cc3ccc(C)cc3)Cc3cccs3)CC2C(=O)NC2CCC(N)CC2)c1. The minimum absolute atomic E-state index is 0.0356. The number of nitrogens with two attached hydrogens (primary N) is 1. The molecule has 3 N–H and O–H groups in total. The monoisotopic (exact) mass is 560 g/mol. The van der Waals surface area contributed by atoms with Gasteiger partial charge in [-0.05, 0) is 74.2 Å². The number of nitrogens with zero attached hydrogens (tertiary/aromatic N) is 2. The first kappa shape index (κ1) is 28.3. The van der Waals surface area contributed by atoms with Crippen LogP contribution in [0.15, 0.2) is 66.0 Å². The third-order valence-electron chi connectivity index (χ3n) is 8.24. The largest absolute Gasteiger partial charge is 0.497 e. The number of aryl methyl sites for hydroxylation is 1. The van der Waals surface area contributed by atoms with Gasteiger partial charge in [0.05, 0.1) is 7.11 Å². The first-order chi connectivity index (χ1) is 19.4. The van der Waals surface area contributed by atoms with Gasteiger partial charge in [0.1, 0.15) is 11.8 Å². The predicted molar refractivity (Wildman–Crippen MR) is 159 cm³/mol. The van der Waals surface area contributed by atoms with Crippen LogP contribution in [0.25, 0.3) is 0 Å². The molecule has 1 aliphatic carbocycles. The van der Waals surface area contributed by atoms with E-state index in [0.717, 1.165) is 38.8 Å². The van der Waals surface area contributed by atoms with Crippen molar-refractivity contribution in [2.24, 2.45) is 5.73 Å². The third kappa shape index (κ3) is 6.92. The topological polar surface area (TPSA) is 87.9 Å². The van der Waals surface area contributed by atoms with Gasteiger partial charge in [-0.3, -0.25) is 14.5 Å². The number of thiophene rings is 1. The smallest absolute Gasteiger partial charge is 0.254 e. The zero-order valence-corrected chi connectivity index (χ0v) is 24.2. The molecule has 5 rings (SSSR count). The summed E-state index contributed by atoms with van der Waals surface area (Å²) in [6.45, 7) is 4.10. The van der Waals surface area contributed by atoms with Gasteiger partial charge in [0.15, 0.2) is 0 Å². The molecule has 8 heteroatoms. The molecule has 212 valence electrons. The van der Waals surface area contributed by atoms with Crippen LogP contribution in [0.5, 0.6) is 5.75 Å². The lowest BCUT2D eigenvalue weighted by Crippen LogP contribution is -2.50. The summed E-state index contributed by atoms with van der Waals surface area (Å²) in [4.78, 5) is 33.1. The normalized spacial score (nSPS) is 22.9. The van der Waals surface area contributed by atoms with Crippen molar-refractivity contribution in [3.8, 4) is 5.75 Å². The first-order valence-corrected chi connectivity index (χ1v) is 15.1. The van der Waals surface area contributed by atoms with Crippen LogP contribution in [-0.4, -0.2) is 59.4 Å². The molecule has 0 radical (unpaired) electrons. The zero-order chi connectivity index (χ0) is 28.1. The van der Waals surface area contributed by atoms with E-state index in [4.69, 9.17) is 10.5 Å². The summed E-state index contributed by atoms with van der Waals surface area (Å²) in [6.07, 6.45) is 4.17. The Balaban J connectivity index is 1.40. The minimum atomic E-state index is -0.539. The lowest BCUT2D eigenvalue weighted by Gasteiger charge is -2.30. The van der Waals surface area contributed by atoms with Crippen LogP contribution in [0, 0.1) is 6.92 Å². The van der Waals surface area contributed by atoms with Crippen molar-refractivity contribution in [3.05, 3.63) is 87.6 Å². The number of benzene rings is 2. The maximum absolute atomic E-state index is 13.9. The molecule has 1 aromatic heterocycles. The van der Waals surface area contributed by atoms with Gasteiger partial charge in [-0.2, -0.15) is 0 Å². The molecular formula is C32H40N4O3S. The van der Waals surface area contributed by atoms with Gasteiger partial charge in [-0.15, -0.1) is 11.3 Å². The third-order valence-corrected chi connectivity index (χ3v) is 9.10. The molecule has 3 aromatic rings. The number of amides is 2. The van der Waals surface area contributed by atoms with Gasteiger partial charge in [0, 0.05) is 48.2 Å². The summed E-state index contributed by atoms with van der Waals surface area (Å²) in [5.41, 5.74) is 9.08. The highest BCUT2D eigenvalue weighted by Gasteiger charge is 2.42. The van der Waals surface area contributed by atoms with Crippen LogP contribution >= 0.6 is 11.3 Å². The van der Waals surface area contributed by atoms with Gasteiger partial charge < -0.3 is 20.7 Å². The van der Waals surface area contributed by atoms with E-state index in [0.29, 0.717) is 24.3 Å². The molecule has 2 aliphatic rings. The maximum atomic E-state index is 13.9. The van der Waals surface area contributed by atoms with Crippen LogP contribution < -0.4 is 15.8 Å². The number of likely N-dealkylation sites (tertiary alicyclic amines) is 1. The van der Waals surface area contributed by atoms with E-state index < -0.39 is 6.04 Å². The van der Waals surface area contributed by atoms with Crippen LogP contribution in [-0.2, 0) is 17.9 Å². The molecule has 2 heterocycles. The van der Waals surface area contributed by atoms with Crippen molar-refractivity contribution in [2.75, 3.05) is 13.7 Å². The average Bonchev–Trinajstić information content (AvgIpc) is 3.65. The fourth-order valence-electron chi connectivity index (χ4n) is 5.88. The van der Waals surface area contributed by atoms with E-state index in [-0.39, 0.29) is 29.9 Å². The van der Waals surface area contributed by atoms with E-state index >= 15 is 0 Å². The van der Waals surface area contributed by atoms with Crippen LogP contribution in [0.2, 0.25) is 0 Å². The molecule has 2 aromatic carbocycles. The summed E-state index contributed by atoms with van der Waals surface area (Å²) in [7, 11) is 1.59. The quantitative estimate of drug-likeness (QED) is 0.395. The lowest BCUT2D eigenvalue weighted by molar-refractivity contribution is -0.125. The highest BCUT2D eigenvalue weighted by molar-refractivity contribution is 7.09. The van der Waals surface area contributed by atoms with Crippen molar-refractivity contribution in [3.63, 3.8) is 0 Å². The Hall–Kier alpha value is -3.20. The van der Waals surface area contributed by atoms with E-state index in [1.807, 2.05) is 12.1 Å². The molecule has 2 atom stereocenters. The zero-order valence-electron chi connectivity index (χ0n) is 23.4. The number of hydrogen-bond acceptors (Lipinski definition) is 6. The average molecular weight is 561 g/mol. The van der Waals surface area contributed by atoms with Gasteiger partial charge in [-0.1, -0.05) is 42.0 Å². The minimum Gasteiger partial charge on any atom is -0.497 e. The fraction of sp³-hybridized carbons (Fsp3) is 0.438. The van der Waals surface area contributed by atoms with Gasteiger partial charge in [-0.25, -0.2) is 0 Å². The van der Waals surface area contributed by atoms with Crippen molar-refractivity contribution in [1.82, 2.24) is 15.1 Å². The summed E-state index contributed by atoms with van der Waals surface area (Å²) in [5.74, 6) is 0.420. The number of nitrogens with one attached hydrogen (secondary N) is 1. The summed E-state index contributed by atoms with van der Waals surface area (Å²) in [6, 6.07) is 19.8. The van der Waals surface area contributed by atoms with Crippen LogP contribution in [0.1, 0.15) is 58.5 Å². The molecule has 7 nitrogen and oxygen atoms in total. The second-order valence-electron chi connectivity index (χ2n) is 11.2. The van der Waals surface area contributed by atoms with E-state index in [2.05, 4.69) is 58.9 Å². The summed E-state index contributed by atoms with van der Waals surface area (Å²) in [5, 5.41) is 5.37. The van der Waals surface area contributed by atoms with Gasteiger partial charge in [0.2, 0.25) is 5.91 Å². The van der Waals surface area contributed by atoms with E-state index in [9.17, 15) is 9.59 Å². The number of carbonyl (C=O) groups is 2. The Morgan fingerprint density at radius 3 is 2.52 bits per heavy atom. The maximum Gasteiger partial charge on any atom is 0.254 e. The molecular weight excluding hydrogens is 520 g/mol. The number of rotatable bonds is 9. The molecule has 0 spiro atoms. The molecule has 1 aliphatic heterocycles. The lowest BCUT2D eigenvalue weighted by atomic mass is 9.91. The fourth-order valence-corrected chi connectivity index (χ4v) is 6.61. The van der Waals surface area contributed by atoms with Gasteiger partial charge >= 0.3 is 0 Å². The number of hydrogen-bond donors (Lipinski definition) is 2. The first-order valence-electron chi connectivity index (χ1n) is 14.2. The van der Waals surface area contributed by atoms with Crippen molar-refractivity contribution in [2.45, 2.75) is 76.3 Å². The van der Waals surface area contributed by atoms with Crippen molar-refractivity contribution < 1.29 is 14.3 Å². The van der Waals surface area contributed by atoms with E-state index in [1.54, 1.807) is 35.5 Å². The molecule has 2 fully saturated rings. The Kier molecular flexibility index (Phi) is 9.19. The Labute approximate surface area is 241 Å². The van der Waals surface area contributed by atoms with Gasteiger partial charge in [0.25, 0.3) is 5.91 Å². The van der Waals surface area contributed by atoms with Crippen LogP contribution in [0.4, 0.5) is 0 Å². The molecule has 2 amide bonds. The molecule has 2 unspecified atom stereocenters. The highest BCUT2D eigenvalue weighted by atomic mass is 32.1. The Morgan fingerprint density at radius 1 is 1.05 bits per heavy atom. The standard InChI is InChI=1S/C32H40N4O3S/c1-22-8-10-23(11-9-22)19-35(21-29-7-4-16-40-29)27-18-30(31(37)34-26-14-12-25(33)13-15-26)36(20-27)32(38)24-5-3-6-28(17-24)39-2/h3-11,16-17,25-27,30H,12-15,18-21,33H2,1-2H3,(H,34,37). The number of ether oxygens (including phenoxy) is 1. The summed E-state index contributed by atoms with van der Waals surface area (Å²) >= 11 is 1.74. The second-order valence-corrected chi connectivity index (χ2v) is 12.2. The highest BCUT2D eigenvalue weighted by Crippen LogP contribution is 2.29. The molecule has 40 heavy (non-hydrogen) atoms. The summed E-state index contributed by atoms with van der Waals surface area (Å²) < 4.78 is 5.38. The Bertz CT molecular complexity index is 1270.